The number of hydrogen-bond donors (Lipinski definition) is 1. The van der Waals surface area contributed by atoms with Gasteiger partial charge in [-0.05, 0) is 32.1 Å². The van der Waals surface area contributed by atoms with Gasteiger partial charge >= 0.3 is 0 Å². The predicted molar refractivity (Wildman–Crippen MR) is 91.6 cm³/mol. The van der Waals surface area contributed by atoms with Crippen LogP contribution in [-0.2, 0) is 16.6 Å². The van der Waals surface area contributed by atoms with Crippen LogP contribution in [0.2, 0.25) is 0 Å². The Morgan fingerprint density at radius 2 is 1.92 bits per heavy atom. The van der Waals surface area contributed by atoms with E-state index in [1.807, 2.05) is 24.0 Å². The summed E-state index contributed by atoms with van der Waals surface area (Å²) in [6.07, 6.45) is 8.35. The van der Waals surface area contributed by atoms with Crippen molar-refractivity contribution in [3.05, 3.63) is 12.4 Å². The summed E-state index contributed by atoms with van der Waals surface area (Å²) in [6.45, 7) is 4.02. The first kappa shape index (κ1) is 16.8. The molecule has 1 N–H and O–H groups in total. The van der Waals surface area contributed by atoms with Crippen molar-refractivity contribution >= 4 is 17.8 Å². The Labute approximate surface area is 143 Å². The average Bonchev–Trinajstić information content (AvgIpc) is 3.01. The summed E-state index contributed by atoms with van der Waals surface area (Å²) in [4.78, 5) is 32.7. The molecular weight excluding hydrogens is 306 g/mol. The van der Waals surface area contributed by atoms with Crippen LogP contribution in [0.3, 0.4) is 0 Å². The lowest BCUT2D eigenvalue weighted by molar-refractivity contribution is -0.141. The van der Waals surface area contributed by atoms with Gasteiger partial charge in [-0.2, -0.15) is 0 Å². The average molecular weight is 333 g/mol. The highest BCUT2D eigenvalue weighted by Gasteiger charge is 2.32. The summed E-state index contributed by atoms with van der Waals surface area (Å²) in [6, 6.07) is -0.103. The maximum absolute atomic E-state index is 12.6. The van der Waals surface area contributed by atoms with Gasteiger partial charge in [0.15, 0.2) is 0 Å². The molecule has 3 heterocycles. The van der Waals surface area contributed by atoms with Crippen LogP contribution in [0.1, 0.15) is 39.0 Å². The fourth-order valence-electron chi connectivity index (χ4n) is 3.76. The Morgan fingerprint density at radius 3 is 2.54 bits per heavy atom. The molecule has 2 aliphatic rings. The molecule has 132 valence electrons. The number of nitrogens with one attached hydrogen (secondary N) is 1. The maximum atomic E-state index is 12.6. The monoisotopic (exact) mass is 333 g/mol. The maximum Gasteiger partial charge on any atom is 0.243 e. The van der Waals surface area contributed by atoms with E-state index in [1.165, 1.54) is 0 Å². The summed E-state index contributed by atoms with van der Waals surface area (Å²) >= 11 is 0. The second kappa shape index (κ2) is 7.23. The number of anilines is 1. The number of carbonyl (C=O) groups is 2. The van der Waals surface area contributed by atoms with Crippen LogP contribution < -0.4 is 10.2 Å². The molecule has 0 aromatic carbocycles. The van der Waals surface area contributed by atoms with Crippen LogP contribution >= 0.6 is 0 Å². The number of piperidine rings is 2. The smallest absolute Gasteiger partial charge is 0.243 e. The van der Waals surface area contributed by atoms with Crippen molar-refractivity contribution in [2.24, 2.45) is 7.05 Å². The molecule has 7 nitrogen and oxygen atoms in total. The molecule has 0 bridgehead atoms. The summed E-state index contributed by atoms with van der Waals surface area (Å²) < 4.78 is 2.02. The Morgan fingerprint density at radius 1 is 1.17 bits per heavy atom. The first-order chi connectivity index (χ1) is 11.6. The first-order valence-electron chi connectivity index (χ1n) is 8.86. The predicted octanol–water partition coefficient (Wildman–Crippen LogP) is 0.906. The number of amides is 2. The van der Waals surface area contributed by atoms with Gasteiger partial charge in [-0.25, -0.2) is 4.98 Å². The molecule has 2 aliphatic heterocycles. The van der Waals surface area contributed by atoms with Crippen LogP contribution in [0.4, 0.5) is 5.95 Å². The van der Waals surface area contributed by atoms with E-state index in [2.05, 4.69) is 15.2 Å². The van der Waals surface area contributed by atoms with Gasteiger partial charge in [0.2, 0.25) is 17.8 Å². The zero-order valence-corrected chi connectivity index (χ0v) is 14.6. The second-order valence-electron chi connectivity index (χ2n) is 6.83. The van der Waals surface area contributed by atoms with Gasteiger partial charge in [0.05, 0.1) is 0 Å². The number of likely N-dealkylation sites (tertiary alicyclic amines) is 1. The molecule has 7 heteroatoms. The highest BCUT2D eigenvalue weighted by molar-refractivity contribution is 5.87. The molecule has 2 fully saturated rings. The minimum absolute atomic E-state index is 0.000508. The lowest BCUT2D eigenvalue weighted by atomic mass is 9.99. The fraction of sp³-hybridized carbons (Fsp3) is 0.706. The number of hydrogen-bond acceptors (Lipinski definition) is 4. The van der Waals surface area contributed by atoms with Gasteiger partial charge in [0.1, 0.15) is 6.04 Å². The number of aryl methyl sites for hydroxylation is 1. The van der Waals surface area contributed by atoms with E-state index < -0.39 is 0 Å². The highest BCUT2D eigenvalue weighted by Crippen LogP contribution is 2.20. The van der Waals surface area contributed by atoms with Crippen molar-refractivity contribution in [3.63, 3.8) is 0 Å². The van der Waals surface area contributed by atoms with Gasteiger partial charge in [-0.15, -0.1) is 0 Å². The van der Waals surface area contributed by atoms with Crippen LogP contribution in [0.25, 0.3) is 0 Å². The van der Waals surface area contributed by atoms with Crippen molar-refractivity contribution in [1.82, 2.24) is 19.8 Å². The SMILES string of the molecule is CC(=O)N1CCCCC1C(=O)NC1CCN(c2nccn2C)CC1. The largest absolute Gasteiger partial charge is 0.351 e. The lowest BCUT2D eigenvalue weighted by Crippen LogP contribution is -2.54. The van der Waals surface area contributed by atoms with Crippen LogP contribution in [0, 0.1) is 0 Å². The second-order valence-corrected chi connectivity index (χ2v) is 6.83. The molecular formula is C17H27N5O2. The Balaban J connectivity index is 1.53. The Kier molecular flexibility index (Phi) is 5.06. The van der Waals surface area contributed by atoms with Crippen molar-refractivity contribution in [1.29, 1.82) is 0 Å². The number of carbonyl (C=O) groups excluding carboxylic acids is 2. The zero-order chi connectivity index (χ0) is 17.1. The Hall–Kier alpha value is -2.05. The zero-order valence-electron chi connectivity index (χ0n) is 14.6. The van der Waals surface area contributed by atoms with Gasteiger partial charge in [0.25, 0.3) is 0 Å². The molecule has 1 aromatic heterocycles. The molecule has 1 unspecified atom stereocenters. The number of aromatic nitrogens is 2. The minimum atomic E-state index is -0.288. The third kappa shape index (κ3) is 3.55. The van der Waals surface area contributed by atoms with Crippen LogP contribution in [-0.4, -0.2) is 58.0 Å². The van der Waals surface area contributed by atoms with E-state index in [-0.39, 0.29) is 23.9 Å². The van der Waals surface area contributed by atoms with E-state index in [9.17, 15) is 9.59 Å². The third-order valence-corrected chi connectivity index (χ3v) is 5.13. The third-order valence-electron chi connectivity index (χ3n) is 5.13. The van der Waals surface area contributed by atoms with Crippen LogP contribution in [0.15, 0.2) is 12.4 Å². The molecule has 0 saturated carbocycles. The molecule has 2 amide bonds. The summed E-state index contributed by atoms with van der Waals surface area (Å²) in [7, 11) is 2.00. The lowest BCUT2D eigenvalue weighted by Gasteiger charge is -2.37. The standard InChI is InChI=1S/C17H27N5O2/c1-13(23)22-9-4-3-5-15(22)16(24)19-14-6-10-21(11-7-14)17-18-8-12-20(17)2/h8,12,14-15H,3-7,9-11H2,1-2H3,(H,19,24). The van der Waals surface area contributed by atoms with Crippen molar-refractivity contribution in [3.8, 4) is 0 Å². The normalized spacial score (nSPS) is 22.5. The van der Waals surface area contributed by atoms with E-state index in [0.29, 0.717) is 6.54 Å². The quantitative estimate of drug-likeness (QED) is 0.892. The molecule has 24 heavy (non-hydrogen) atoms. The van der Waals surface area contributed by atoms with Gasteiger partial charge in [-0.1, -0.05) is 0 Å². The molecule has 1 atom stereocenters. The van der Waals surface area contributed by atoms with Crippen molar-refractivity contribution in [2.45, 2.75) is 51.1 Å². The molecule has 0 radical (unpaired) electrons. The Bertz CT molecular complexity index is 592. The number of imidazole rings is 1. The van der Waals surface area contributed by atoms with Crippen molar-refractivity contribution in [2.75, 3.05) is 24.5 Å². The molecule has 0 spiro atoms. The van der Waals surface area contributed by atoms with E-state index in [0.717, 1.165) is 51.1 Å². The number of rotatable bonds is 3. The molecule has 1 aromatic rings. The highest BCUT2D eigenvalue weighted by atomic mass is 16.2. The van der Waals surface area contributed by atoms with E-state index in [1.54, 1.807) is 11.8 Å². The fourth-order valence-corrected chi connectivity index (χ4v) is 3.76. The minimum Gasteiger partial charge on any atom is -0.351 e. The van der Waals surface area contributed by atoms with Gasteiger partial charge in [0, 0.05) is 52.0 Å². The molecule has 3 rings (SSSR count). The van der Waals surface area contributed by atoms with Gasteiger partial charge in [-0.3, -0.25) is 9.59 Å². The summed E-state index contributed by atoms with van der Waals surface area (Å²) in [5.41, 5.74) is 0. The molecule has 0 aliphatic carbocycles. The number of nitrogens with zero attached hydrogens (tertiary/aromatic N) is 4. The van der Waals surface area contributed by atoms with E-state index >= 15 is 0 Å². The molecule has 2 saturated heterocycles. The van der Waals surface area contributed by atoms with Gasteiger partial charge < -0.3 is 19.7 Å². The van der Waals surface area contributed by atoms with Crippen LogP contribution in [0.5, 0.6) is 0 Å². The summed E-state index contributed by atoms with van der Waals surface area (Å²) in [5, 5.41) is 3.17. The van der Waals surface area contributed by atoms with Crippen molar-refractivity contribution < 1.29 is 9.59 Å². The summed E-state index contributed by atoms with van der Waals surface area (Å²) in [5.74, 6) is 0.995. The van der Waals surface area contributed by atoms with E-state index in [4.69, 9.17) is 0 Å². The topological polar surface area (TPSA) is 70.5 Å². The first-order valence-corrected chi connectivity index (χ1v) is 8.86.